The molecule has 0 atom stereocenters. The van der Waals surface area contributed by atoms with Crippen molar-refractivity contribution >= 4 is 5.78 Å². The lowest BCUT2D eigenvalue weighted by atomic mass is 10.1. The molecule has 0 unspecified atom stereocenters. The first-order valence-electron chi connectivity index (χ1n) is 4.21. The highest BCUT2D eigenvalue weighted by molar-refractivity contribution is 5.95. The van der Waals surface area contributed by atoms with Crippen molar-refractivity contribution in [3.63, 3.8) is 0 Å². The van der Waals surface area contributed by atoms with Gasteiger partial charge in [-0.3, -0.25) is 4.79 Å². The summed E-state index contributed by atoms with van der Waals surface area (Å²) >= 11 is 0. The molecule has 1 rings (SSSR count). The number of carbonyl (C=O) groups is 1. The van der Waals surface area contributed by atoms with Gasteiger partial charge in [-0.2, -0.15) is 8.78 Å². The molecule has 14 heavy (non-hydrogen) atoms. The van der Waals surface area contributed by atoms with Crippen LogP contribution < -0.4 is 4.74 Å². The molecule has 0 N–H and O–H groups in total. The SMILES string of the molecule is CCC(=O)c1ccc(OC(F)F)cc1. The van der Waals surface area contributed by atoms with Crippen molar-refractivity contribution in [3.8, 4) is 5.75 Å². The van der Waals surface area contributed by atoms with Gasteiger partial charge in [0.2, 0.25) is 0 Å². The van der Waals surface area contributed by atoms with Crippen molar-refractivity contribution in [1.29, 1.82) is 0 Å². The zero-order chi connectivity index (χ0) is 10.6. The number of halogens is 2. The molecule has 0 aliphatic heterocycles. The van der Waals surface area contributed by atoms with E-state index in [-0.39, 0.29) is 11.5 Å². The lowest BCUT2D eigenvalue weighted by molar-refractivity contribution is -0.0498. The van der Waals surface area contributed by atoms with Gasteiger partial charge in [0.05, 0.1) is 0 Å². The summed E-state index contributed by atoms with van der Waals surface area (Å²) in [5, 5.41) is 0. The van der Waals surface area contributed by atoms with Gasteiger partial charge in [-0.25, -0.2) is 0 Å². The number of carbonyl (C=O) groups excluding carboxylic acids is 1. The number of alkyl halides is 2. The Balaban J connectivity index is 2.73. The van der Waals surface area contributed by atoms with Gasteiger partial charge < -0.3 is 4.74 Å². The predicted octanol–water partition coefficient (Wildman–Crippen LogP) is 2.88. The number of Topliss-reactive ketones (excluding diaryl/α,β-unsaturated/α-hetero) is 1. The second-order valence-corrected chi connectivity index (χ2v) is 2.68. The topological polar surface area (TPSA) is 26.3 Å². The summed E-state index contributed by atoms with van der Waals surface area (Å²) in [6.45, 7) is -1.09. The van der Waals surface area contributed by atoms with Crippen molar-refractivity contribution in [2.45, 2.75) is 20.0 Å². The number of ether oxygens (including phenoxy) is 1. The number of hydrogen-bond donors (Lipinski definition) is 0. The Morgan fingerprint density at radius 3 is 2.36 bits per heavy atom. The van der Waals surface area contributed by atoms with Crippen LogP contribution in [0.2, 0.25) is 0 Å². The Bertz CT molecular complexity index is 306. The molecule has 4 heteroatoms. The first-order valence-corrected chi connectivity index (χ1v) is 4.21. The third-order valence-corrected chi connectivity index (χ3v) is 1.72. The van der Waals surface area contributed by atoms with Gasteiger partial charge in [-0.1, -0.05) is 6.92 Å². The Labute approximate surface area is 80.5 Å². The van der Waals surface area contributed by atoms with Crippen molar-refractivity contribution < 1.29 is 18.3 Å². The largest absolute Gasteiger partial charge is 0.435 e. The van der Waals surface area contributed by atoms with Crippen LogP contribution in [-0.2, 0) is 0 Å². The van der Waals surface area contributed by atoms with Crippen LogP contribution >= 0.6 is 0 Å². The molecule has 0 saturated carbocycles. The average Bonchev–Trinajstić information content (AvgIpc) is 2.17. The summed E-state index contributed by atoms with van der Waals surface area (Å²) in [6.07, 6.45) is 0.398. The summed E-state index contributed by atoms with van der Waals surface area (Å²) in [6, 6.07) is 5.66. The Kier molecular flexibility index (Phi) is 3.56. The van der Waals surface area contributed by atoms with E-state index in [0.29, 0.717) is 12.0 Å². The van der Waals surface area contributed by atoms with E-state index >= 15 is 0 Å². The van der Waals surface area contributed by atoms with E-state index < -0.39 is 6.61 Å². The van der Waals surface area contributed by atoms with Crippen LogP contribution in [0.3, 0.4) is 0 Å². The molecule has 0 aromatic heterocycles. The first-order chi connectivity index (χ1) is 6.63. The van der Waals surface area contributed by atoms with Gasteiger partial charge >= 0.3 is 6.61 Å². The van der Waals surface area contributed by atoms with Crippen LogP contribution in [0.5, 0.6) is 5.75 Å². The molecule has 0 spiro atoms. The number of benzene rings is 1. The minimum Gasteiger partial charge on any atom is -0.435 e. The second kappa shape index (κ2) is 4.69. The van der Waals surface area contributed by atoms with Crippen molar-refractivity contribution in [1.82, 2.24) is 0 Å². The predicted molar refractivity (Wildman–Crippen MR) is 47.7 cm³/mol. The highest BCUT2D eigenvalue weighted by Crippen LogP contribution is 2.15. The van der Waals surface area contributed by atoms with Crippen LogP contribution in [0.15, 0.2) is 24.3 Å². The lowest BCUT2D eigenvalue weighted by Crippen LogP contribution is -2.02. The normalized spacial score (nSPS) is 10.3. The van der Waals surface area contributed by atoms with Crippen molar-refractivity contribution in [3.05, 3.63) is 29.8 Å². The molecular weight excluding hydrogens is 190 g/mol. The summed E-state index contributed by atoms with van der Waals surface area (Å²) in [4.78, 5) is 11.2. The van der Waals surface area contributed by atoms with E-state index in [0.717, 1.165) is 0 Å². The summed E-state index contributed by atoms with van der Waals surface area (Å²) in [5.74, 6) is 0.0428. The molecule has 2 nitrogen and oxygen atoms in total. The van der Waals surface area contributed by atoms with Crippen LogP contribution in [-0.4, -0.2) is 12.4 Å². The fourth-order valence-electron chi connectivity index (χ4n) is 1.03. The van der Waals surface area contributed by atoms with Gasteiger partial charge in [0, 0.05) is 12.0 Å². The molecule has 0 heterocycles. The summed E-state index contributed by atoms with van der Waals surface area (Å²) in [5.41, 5.74) is 0.508. The zero-order valence-electron chi connectivity index (χ0n) is 7.67. The first kappa shape index (κ1) is 10.6. The highest BCUT2D eigenvalue weighted by Gasteiger charge is 2.06. The smallest absolute Gasteiger partial charge is 0.387 e. The van der Waals surface area contributed by atoms with E-state index in [1.807, 2.05) is 0 Å². The van der Waals surface area contributed by atoms with Gasteiger partial charge in [0.1, 0.15) is 5.75 Å². The third-order valence-electron chi connectivity index (χ3n) is 1.72. The zero-order valence-corrected chi connectivity index (χ0v) is 7.67. The Hall–Kier alpha value is -1.45. The quantitative estimate of drug-likeness (QED) is 0.698. The molecule has 0 bridgehead atoms. The van der Waals surface area contributed by atoms with Crippen molar-refractivity contribution in [2.24, 2.45) is 0 Å². The molecular formula is C10H10F2O2. The van der Waals surface area contributed by atoms with E-state index in [2.05, 4.69) is 4.74 Å². The second-order valence-electron chi connectivity index (χ2n) is 2.68. The van der Waals surface area contributed by atoms with E-state index in [1.54, 1.807) is 6.92 Å². The average molecular weight is 200 g/mol. The maximum Gasteiger partial charge on any atom is 0.387 e. The third kappa shape index (κ3) is 2.80. The fourth-order valence-corrected chi connectivity index (χ4v) is 1.03. The Morgan fingerprint density at radius 1 is 1.36 bits per heavy atom. The summed E-state index contributed by atoms with van der Waals surface area (Å²) in [7, 11) is 0. The molecule has 0 amide bonds. The molecule has 0 saturated heterocycles. The van der Waals surface area contributed by atoms with E-state index in [1.165, 1.54) is 24.3 Å². The minimum absolute atomic E-state index is 0.0198. The van der Waals surface area contributed by atoms with Gasteiger partial charge in [0.15, 0.2) is 5.78 Å². The number of ketones is 1. The minimum atomic E-state index is -2.83. The van der Waals surface area contributed by atoms with Crippen LogP contribution in [0, 0.1) is 0 Å². The van der Waals surface area contributed by atoms with Crippen LogP contribution in [0.1, 0.15) is 23.7 Å². The van der Waals surface area contributed by atoms with Crippen LogP contribution in [0.4, 0.5) is 8.78 Å². The monoisotopic (exact) mass is 200 g/mol. The summed E-state index contributed by atoms with van der Waals surface area (Å²) < 4.78 is 27.7. The van der Waals surface area contributed by atoms with Crippen molar-refractivity contribution in [2.75, 3.05) is 0 Å². The van der Waals surface area contributed by atoms with E-state index in [9.17, 15) is 13.6 Å². The van der Waals surface area contributed by atoms with Gasteiger partial charge in [-0.15, -0.1) is 0 Å². The maximum atomic E-state index is 11.8. The standard InChI is InChI=1S/C10H10F2O2/c1-2-9(13)7-3-5-8(6-4-7)14-10(11)12/h3-6,10H,2H2,1H3. The molecule has 1 aromatic carbocycles. The number of rotatable bonds is 4. The van der Waals surface area contributed by atoms with Crippen LogP contribution in [0.25, 0.3) is 0 Å². The molecule has 0 radical (unpaired) electrons. The maximum absolute atomic E-state index is 11.8. The lowest BCUT2D eigenvalue weighted by Gasteiger charge is -2.04. The van der Waals surface area contributed by atoms with E-state index in [4.69, 9.17) is 0 Å². The molecule has 0 fully saturated rings. The molecule has 0 aliphatic rings. The molecule has 0 aliphatic carbocycles. The fraction of sp³-hybridized carbons (Fsp3) is 0.300. The Morgan fingerprint density at radius 2 is 1.93 bits per heavy atom. The van der Waals surface area contributed by atoms with Gasteiger partial charge in [0.25, 0.3) is 0 Å². The van der Waals surface area contributed by atoms with Gasteiger partial charge in [-0.05, 0) is 24.3 Å². The molecule has 1 aromatic rings. The molecule has 76 valence electrons. The highest BCUT2D eigenvalue weighted by atomic mass is 19.3. The number of hydrogen-bond acceptors (Lipinski definition) is 2.